The molecule has 5 nitrogen and oxygen atoms in total. The van der Waals surface area contributed by atoms with Crippen LogP contribution in [0.1, 0.15) is 22.7 Å². The zero-order valence-corrected chi connectivity index (χ0v) is 23.7. The molecule has 8 heteroatoms. The van der Waals surface area contributed by atoms with Gasteiger partial charge in [-0.25, -0.2) is 0 Å². The highest BCUT2D eigenvalue weighted by Crippen LogP contribution is 2.43. The van der Waals surface area contributed by atoms with Crippen LogP contribution in [0.3, 0.4) is 0 Å². The second kappa shape index (κ2) is 13.0. The van der Waals surface area contributed by atoms with Crippen molar-refractivity contribution in [1.82, 2.24) is 14.8 Å². The summed E-state index contributed by atoms with van der Waals surface area (Å²) in [6, 6.07) is 23.6. The number of hydrogen-bond acceptors (Lipinski definition) is 6. The topological polar surface area (TPSA) is 31.3 Å². The lowest BCUT2D eigenvalue weighted by molar-refractivity contribution is 0.0970. The van der Waals surface area contributed by atoms with Gasteiger partial charge in [-0.2, -0.15) is 5.10 Å². The normalized spacial score (nSPS) is 17.7. The smallest absolute Gasteiger partial charge is 0.120 e. The Morgan fingerprint density at radius 2 is 1.81 bits per heavy atom. The SMILES string of the molecule is CN(C)CCOc1cccc(C=NN2CCN(C3Cc4ccccc4Sc4ccc(Cl)cc43)CC2)c1.Cl. The molecule has 1 unspecified atom stereocenters. The summed E-state index contributed by atoms with van der Waals surface area (Å²) in [7, 11) is 4.10. The molecule has 0 radical (unpaired) electrons. The second-order valence-corrected chi connectivity index (χ2v) is 11.1. The summed E-state index contributed by atoms with van der Waals surface area (Å²) >= 11 is 8.32. The Labute approximate surface area is 235 Å². The van der Waals surface area contributed by atoms with Crippen molar-refractivity contribution in [3.8, 4) is 5.75 Å². The van der Waals surface area contributed by atoms with Crippen molar-refractivity contribution in [3.63, 3.8) is 0 Å². The molecular weight excluding hydrogens is 523 g/mol. The van der Waals surface area contributed by atoms with E-state index in [0.29, 0.717) is 12.6 Å². The van der Waals surface area contributed by atoms with Gasteiger partial charge in [0.2, 0.25) is 0 Å². The quantitative estimate of drug-likeness (QED) is 0.328. The molecule has 3 aromatic rings. The lowest BCUT2D eigenvalue weighted by Crippen LogP contribution is -2.46. The van der Waals surface area contributed by atoms with E-state index in [1.807, 2.05) is 50.3 Å². The Morgan fingerprint density at radius 3 is 2.62 bits per heavy atom. The molecule has 0 spiro atoms. The molecule has 196 valence electrons. The Morgan fingerprint density at radius 1 is 1.00 bits per heavy atom. The van der Waals surface area contributed by atoms with Gasteiger partial charge in [-0.05, 0) is 73.6 Å². The summed E-state index contributed by atoms with van der Waals surface area (Å²) in [4.78, 5) is 7.37. The van der Waals surface area contributed by atoms with Crippen LogP contribution in [0.2, 0.25) is 5.02 Å². The van der Waals surface area contributed by atoms with Crippen LogP contribution in [0.15, 0.2) is 81.6 Å². The maximum Gasteiger partial charge on any atom is 0.120 e. The number of fused-ring (bicyclic) bond motifs is 2. The minimum atomic E-state index is 0. The Kier molecular flexibility index (Phi) is 9.79. The monoisotopic (exact) mass is 556 g/mol. The fourth-order valence-corrected chi connectivity index (χ4v) is 6.02. The maximum absolute atomic E-state index is 6.45. The van der Waals surface area contributed by atoms with Gasteiger partial charge in [0.15, 0.2) is 0 Å². The predicted molar refractivity (Wildman–Crippen MR) is 157 cm³/mol. The number of nitrogens with zero attached hydrogens (tertiary/aromatic N) is 4. The molecule has 0 saturated carbocycles. The van der Waals surface area contributed by atoms with E-state index in [2.05, 4.69) is 63.3 Å². The number of piperazine rings is 1. The summed E-state index contributed by atoms with van der Waals surface area (Å²) in [6.45, 7) is 5.30. The van der Waals surface area contributed by atoms with Gasteiger partial charge >= 0.3 is 0 Å². The van der Waals surface area contributed by atoms with Crippen LogP contribution < -0.4 is 4.74 Å². The van der Waals surface area contributed by atoms with Gasteiger partial charge < -0.3 is 9.64 Å². The number of benzene rings is 3. The number of rotatable bonds is 7. The summed E-state index contributed by atoms with van der Waals surface area (Å²) < 4.78 is 5.87. The van der Waals surface area contributed by atoms with E-state index in [1.54, 1.807) is 0 Å². The fourth-order valence-electron chi connectivity index (χ4n) is 4.72. The molecule has 0 aliphatic carbocycles. The minimum absolute atomic E-state index is 0. The Balaban J connectivity index is 0.00000320. The molecule has 1 fully saturated rings. The first-order valence-electron chi connectivity index (χ1n) is 12.5. The lowest BCUT2D eigenvalue weighted by atomic mass is 9.97. The number of hydrazone groups is 1. The van der Waals surface area contributed by atoms with E-state index in [1.165, 1.54) is 20.9 Å². The third kappa shape index (κ3) is 7.21. The number of hydrogen-bond donors (Lipinski definition) is 0. The summed E-state index contributed by atoms with van der Waals surface area (Å²) in [6.07, 6.45) is 2.95. The van der Waals surface area contributed by atoms with Gasteiger partial charge in [0, 0.05) is 53.6 Å². The molecule has 2 aliphatic heterocycles. The zero-order valence-electron chi connectivity index (χ0n) is 21.3. The van der Waals surface area contributed by atoms with Crippen LogP contribution in [-0.2, 0) is 6.42 Å². The molecule has 0 N–H and O–H groups in total. The third-order valence-electron chi connectivity index (χ3n) is 6.70. The molecule has 5 rings (SSSR count). The number of ether oxygens (including phenoxy) is 1. The molecule has 2 heterocycles. The largest absolute Gasteiger partial charge is 0.492 e. The lowest BCUT2D eigenvalue weighted by Gasteiger charge is -2.38. The number of halogens is 2. The van der Waals surface area contributed by atoms with Crippen molar-refractivity contribution in [3.05, 3.63) is 88.4 Å². The van der Waals surface area contributed by atoms with Gasteiger partial charge in [0.1, 0.15) is 12.4 Å². The minimum Gasteiger partial charge on any atom is -0.492 e. The van der Waals surface area contributed by atoms with Crippen LogP contribution in [-0.4, -0.2) is 74.4 Å². The molecule has 3 aromatic carbocycles. The first-order chi connectivity index (χ1) is 17.5. The third-order valence-corrected chi connectivity index (χ3v) is 8.15. The van der Waals surface area contributed by atoms with Gasteiger partial charge in [-0.1, -0.05) is 53.7 Å². The van der Waals surface area contributed by atoms with Crippen LogP contribution in [0.25, 0.3) is 0 Å². The van der Waals surface area contributed by atoms with Crippen molar-refractivity contribution >= 4 is 42.0 Å². The van der Waals surface area contributed by atoms with E-state index in [4.69, 9.17) is 21.4 Å². The molecule has 1 saturated heterocycles. The maximum atomic E-state index is 6.45. The predicted octanol–water partition coefficient (Wildman–Crippen LogP) is 6.10. The highest BCUT2D eigenvalue weighted by molar-refractivity contribution is 7.99. The highest BCUT2D eigenvalue weighted by Gasteiger charge is 2.30. The summed E-state index contributed by atoms with van der Waals surface area (Å²) in [5.41, 5.74) is 3.81. The summed E-state index contributed by atoms with van der Waals surface area (Å²) in [5, 5.41) is 7.77. The van der Waals surface area contributed by atoms with Crippen molar-refractivity contribution < 1.29 is 4.74 Å². The van der Waals surface area contributed by atoms with Gasteiger partial charge in [0.05, 0.1) is 6.21 Å². The highest BCUT2D eigenvalue weighted by atomic mass is 35.5. The molecule has 2 aliphatic rings. The Hall–Kier alpha value is -2.22. The fraction of sp³-hybridized carbons (Fsp3) is 0.345. The molecular formula is C29H34Cl2N4OS. The van der Waals surface area contributed by atoms with Crippen molar-refractivity contribution in [2.24, 2.45) is 5.10 Å². The average Bonchev–Trinajstić information content (AvgIpc) is 3.04. The van der Waals surface area contributed by atoms with Crippen molar-refractivity contribution in [1.29, 1.82) is 0 Å². The first-order valence-corrected chi connectivity index (χ1v) is 13.7. The summed E-state index contributed by atoms with van der Waals surface area (Å²) in [5.74, 6) is 0.884. The molecule has 0 bridgehead atoms. The van der Waals surface area contributed by atoms with Gasteiger partial charge in [-0.15, -0.1) is 12.4 Å². The van der Waals surface area contributed by atoms with E-state index < -0.39 is 0 Å². The average molecular weight is 558 g/mol. The van der Waals surface area contributed by atoms with Crippen LogP contribution in [0.5, 0.6) is 5.75 Å². The van der Waals surface area contributed by atoms with E-state index in [9.17, 15) is 0 Å². The second-order valence-electron chi connectivity index (χ2n) is 9.57. The van der Waals surface area contributed by atoms with E-state index >= 15 is 0 Å². The molecule has 0 aromatic heterocycles. The molecule has 1 atom stereocenters. The van der Waals surface area contributed by atoms with Crippen LogP contribution >= 0.6 is 35.8 Å². The van der Waals surface area contributed by atoms with Gasteiger partial charge in [-0.3, -0.25) is 9.91 Å². The van der Waals surface area contributed by atoms with Crippen LogP contribution in [0.4, 0.5) is 0 Å². The van der Waals surface area contributed by atoms with Crippen molar-refractivity contribution in [2.75, 3.05) is 53.4 Å². The van der Waals surface area contributed by atoms with Crippen molar-refractivity contribution in [2.45, 2.75) is 22.3 Å². The molecule has 0 amide bonds. The Bertz CT molecular complexity index is 1210. The van der Waals surface area contributed by atoms with Crippen LogP contribution in [0, 0.1) is 0 Å². The first kappa shape index (κ1) is 27.8. The zero-order chi connectivity index (χ0) is 24.9. The molecule has 37 heavy (non-hydrogen) atoms. The van der Waals surface area contributed by atoms with E-state index in [0.717, 1.165) is 55.5 Å². The number of likely N-dealkylation sites (N-methyl/N-ethyl adjacent to an activating group) is 1. The standard InChI is InChI=1S/C29H33ClN4OS.ClH/c1-32(2)16-17-35-25-8-5-6-22(18-25)21-31-34-14-12-33(13-15-34)27-19-23-7-3-4-9-28(23)36-29-11-10-24(30)20-26(27)29;/h3-11,18,20-21,27H,12-17,19H2,1-2H3;1H. The van der Waals surface area contributed by atoms with E-state index in [-0.39, 0.29) is 12.4 Å². The van der Waals surface area contributed by atoms with Gasteiger partial charge in [0.25, 0.3) is 0 Å².